The minimum atomic E-state index is -1.30. The number of carbonyl (C=O) groups is 3. The summed E-state index contributed by atoms with van der Waals surface area (Å²) in [6, 6.07) is -1.52. The molecule has 0 aromatic heterocycles. The van der Waals surface area contributed by atoms with E-state index in [1.165, 1.54) is 4.90 Å². The summed E-state index contributed by atoms with van der Waals surface area (Å²) in [5, 5.41) is 10.3. The second kappa shape index (κ2) is 10.1. The number of cyclic esters (lactones) is 1. The molecule has 1 spiro atoms. The van der Waals surface area contributed by atoms with E-state index in [2.05, 4.69) is 6.92 Å². The van der Waals surface area contributed by atoms with Crippen molar-refractivity contribution in [2.24, 2.45) is 17.8 Å². The van der Waals surface area contributed by atoms with Crippen LogP contribution in [-0.2, 0) is 23.9 Å². The molecule has 2 saturated heterocycles. The predicted molar refractivity (Wildman–Crippen MR) is 130 cm³/mol. The maximum Gasteiger partial charge on any atom is 0.313 e. The number of unbranched alkanes of at least 4 members (excludes halogenated alkanes) is 1. The molecule has 8 nitrogen and oxygen atoms in total. The number of likely N-dealkylation sites (tertiary alicyclic amines) is 1. The van der Waals surface area contributed by atoms with E-state index in [-0.39, 0.29) is 30.9 Å². The Morgan fingerprint density at radius 1 is 1.11 bits per heavy atom. The largest absolute Gasteiger partial charge is 0.465 e. The van der Waals surface area contributed by atoms with Crippen LogP contribution in [0.2, 0.25) is 0 Å². The zero-order valence-corrected chi connectivity index (χ0v) is 21.4. The highest BCUT2D eigenvalue weighted by atomic mass is 16.6. The van der Waals surface area contributed by atoms with Gasteiger partial charge in [0.1, 0.15) is 23.2 Å². The fraction of sp³-hybridized carbons (Fsp3) is 0.741. The molecular formula is C27H40N2O6. The Balaban J connectivity index is 1.90. The first-order chi connectivity index (χ1) is 16.8. The summed E-state index contributed by atoms with van der Waals surface area (Å²) >= 11 is 0. The molecule has 4 rings (SSSR count). The number of carbonyl (C=O) groups excluding carboxylic acids is 3. The summed E-state index contributed by atoms with van der Waals surface area (Å²) in [4.78, 5) is 45.2. The lowest BCUT2D eigenvalue weighted by atomic mass is 9.73. The molecule has 4 aliphatic heterocycles. The van der Waals surface area contributed by atoms with E-state index in [9.17, 15) is 19.5 Å². The van der Waals surface area contributed by atoms with Gasteiger partial charge in [0.15, 0.2) is 0 Å². The van der Waals surface area contributed by atoms with Crippen LogP contribution in [0.25, 0.3) is 0 Å². The molecule has 1 unspecified atom stereocenters. The highest BCUT2D eigenvalue weighted by Crippen LogP contribution is 2.58. The van der Waals surface area contributed by atoms with Gasteiger partial charge in [0.05, 0.1) is 25.2 Å². The lowest BCUT2D eigenvalue weighted by Gasteiger charge is -2.41. The third-order valence-corrected chi connectivity index (χ3v) is 8.25. The second-order valence-corrected chi connectivity index (χ2v) is 10.6. The van der Waals surface area contributed by atoms with E-state index in [0.717, 1.165) is 19.3 Å². The Bertz CT molecular complexity index is 900. The van der Waals surface area contributed by atoms with Crippen LogP contribution in [0.1, 0.15) is 59.8 Å². The molecule has 4 heterocycles. The molecule has 0 aromatic carbocycles. The predicted octanol–water partition coefficient (Wildman–Crippen LogP) is 2.46. The number of ether oxygens (including phenoxy) is 2. The molecule has 0 bridgehead atoms. The Morgan fingerprint density at radius 2 is 1.89 bits per heavy atom. The van der Waals surface area contributed by atoms with Crippen LogP contribution in [0, 0.1) is 17.8 Å². The smallest absolute Gasteiger partial charge is 0.313 e. The number of esters is 1. The average Bonchev–Trinajstić information content (AvgIpc) is 3.21. The number of amides is 2. The second-order valence-electron chi connectivity index (χ2n) is 10.6. The van der Waals surface area contributed by atoms with Gasteiger partial charge in [-0.05, 0) is 31.6 Å². The lowest BCUT2D eigenvalue weighted by molar-refractivity contribution is -0.163. The third kappa shape index (κ3) is 4.02. The van der Waals surface area contributed by atoms with E-state index in [0.29, 0.717) is 25.9 Å². The van der Waals surface area contributed by atoms with Crippen LogP contribution in [0.3, 0.4) is 0 Å². The van der Waals surface area contributed by atoms with Crippen molar-refractivity contribution in [1.82, 2.24) is 9.80 Å². The van der Waals surface area contributed by atoms with Gasteiger partial charge < -0.3 is 24.4 Å². The summed E-state index contributed by atoms with van der Waals surface area (Å²) in [6.45, 7) is 8.87. The molecule has 4 aliphatic rings. The fourth-order valence-corrected chi connectivity index (χ4v) is 6.39. The van der Waals surface area contributed by atoms with E-state index in [1.807, 2.05) is 45.1 Å². The van der Waals surface area contributed by atoms with Crippen molar-refractivity contribution in [3.63, 3.8) is 0 Å². The van der Waals surface area contributed by atoms with E-state index < -0.39 is 41.1 Å². The standard InChI is InChI=1S/C27H40N2O6/c1-5-7-14-28-15-11-13-27-20(23(31)29(22(27)24(28)32)19(17-30)18(3)4)21-25(33)34-16-10-8-9-12-26(21,6-2)35-27/h9,11-13,18-22,30H,5-8,10,14-17H2,1-4H3/b12-9-/t19-,20-,21-,22?,26+,27-/m0/s1. The molecule has 0 radical (unpaired) electrons. The zero-order valence-electron chi connectivity index (χ0n) is 21.4. The molecule has 6 atom stereocenters. The molecule has 194 valence electrons. The van der Waals surface area contributed by atoms with Crippen molar-refractivity contribution in [2.45, 2.75) is 83.1 Å². The first kappa shape index (κ1) is 25.9. The minimum absolute atomic E-state index is 0.0905. The lowest BCUT2D eigenvalue weighted by Crippen LogP contribution is -2.59. The molecule has 1 N–H and O–H groups in total. The quantitative estimate of drug-likeness (QED) is 0.437. The molecule has 35 heavy (non-hydrogen) atoms. The van der Waals surface area contributed by atoms with Crippen molar-refractivity contribution in [3.8, 4) is 0 Å². The first-order valence-corrected chi connectivity index (χ1v) is 13.2. The summed E-state index contributed by atoms with van der Waals surface area (Å²) in [6.07, 6.45) is 11.4. The average molecular weight is 489 g/mol. The number of fused-ring (bicyclic) bond motifs is 2. The molecule has 2 amide bonds. The van der Waals surface area contributed by atoms with Gasteiger partial charge >= 0.3 is 5.97 Å². The topological polar surface area (TPSA) is 96.4 Å². The van der Waals surface area contributed by atoms with Crippen molar-refractivity contribution in [1.29, 1.82) is 0 Å². The third-order valence-electron chi connectivity index (χ3n) is 8.25. The van der Waals surface area contributed by atoms with Crippen molar-refractivity contribution in [3.05, 3.63) is 24.3 Å². The normalized spacial score (nSPS) is 36.6. The maximum absolute atomic E-state index is 14.3. The van der Waals surface area contributed by atoms with Crippen molar-refractivity contribution >= 4 is 17.8 Å². The van der Waals surface area contributed by atoms with Crippen LogP contribution in [0.5, 0.6) is 0 Å². The first-order valence-electron chi connectivity index (χ1n) is 13.2. The number of hydrogen-bond donors (Lipinski definition) is 1. The monoisotopic (exact) mass is 488 g/mol. The van der Waals surface area contributed by atoms with Crippen molar-refractivity contribution in [2.75, 3.05) is 26.3 Å². The Labute approximate surface area is 208 Å². The fourth-order valence-electron chi connectivity index (χ4n) is 6.39. The number of nitrogens with zero attached hydrogens (tertiary/aromatic N) is 2. The van der Waals surface area contributed by atoms with Gasteiger partial charge in [-0.2, -0.15) is 0 Å². The summed E-state index contributed by atoms with van der Waals surface area (Å²) < 4.78 is 12.5. The van der Waals surface area contributed by atoms with Gasteiger partial charge in [-0.15, -0.1) is 0 Å². The van der Waals surface area contributed by atoms with Gasteiger partial charge in [0.2, 0.25) is 11.8 Å². The van der Waals surface area contributed by atoms with Crippen molar-refractivity contribution < 1.29 is 29.0 Å². The number of aliphatic hydroxyl groups excluding tert-OH is 1. The number of aliphatic hydroxyl groups is 1. The highest BCUT2D eigenvalue weighted by Gasteiger charge is 2.75. The molecule has 8 heteroatoms. The van der Waals surface area contributed by atoms with E-state index >= 15 is 0 Å². The van der Waals surface area contributed by atoms with Gasteiger partial charge in [0.25, 0.3) is 0 Å². The molecule has 2 fully saturated rings. The summed E-state index contributed by atoms with van der Waals surface area (Å²) in [5.41, 5.74) is -2.34. The molecule has 0 aromatic rings. The Kier molecular flexibility index (Phi) is 7.44. The van der Waals surface area contributed by atoms with Crippen LogP contribution >= 0.6 is 0 Å². The van der Waals surface area contributed by atoms with E-state index in [4.69, 9.17) is 9.47 Å². The number of allylic oxidation sites excluding steroid dienone is 1. The zero-order chi connectivity index (χ0) is 25.4. The number of rotatable bonds is 7. The van der Waals surface area contributed by atoms with Crippen LogP contribution in [0.4, 0.5) is 0 Å². The van der Waals surface area contributed by atoms with E-state index in [1.54, 1.807) is 4.90 Å². The molecular weight excluding hydrogens is 448 g/mol. The summed E-state index contributed by atoms with van der Waals surface area (Å²) in [7, 11) is 0. The van der Waals surface area contributed by atoms with Gasteiger partial charge in [-0.1, -0.05) is 58.4 Å². The molecule has 0 saturated carbocycles. The number of hydrogen-bond acceptors (Lipinski definition) is 6. The minimum Gasteiger partial charge on any atom is -0.465 e. The van der Waals surface area contributed by atoms with Gasteiger partial charge in [-0.3, -0.25) is 14.4 Å². The Morgan fingerprint density at radius 3 is 2.54 bits per heavy atom. The van der Waals surface area contributed by atoms with Crippen LogP contribution in [-0.4, -0.2) is 82.3 Å². The van der Waals surface area contributed by atoms with Gasteiger partial charge in [-0.25, -0.2) is 0 Å². The Hall–Kier alpha value is -2.19. The van der Waals surface area contributed by atoms with Gasteiger partial charge in [0, 0.05) is 13.1 Å². The summed E-state index contributed by atoms with van der Waals surface area (Å²) in [5.74, 6) is -2.81. The maximum atomic E-state index is 14.3. The van der Waals surface area contributed by atoms with Crippen LogP contribution in [0.15, 0.2) is 24.3 Å². The van der Waals surface area contributed by atoms with Crippen LogP contribution < -0.4 is 0 Å². The SMILES string of the molecule is CCCCN1CC=C[C@]23O[C@]4(CC)/C=C\CCCOC(=O)[C@@H]4[C@H]2C(=O)N([C@@H](CO)C(C)C)C3C1=O. The highest BCUT2D eigenvalue weighted by molar-refractivity contribution is 5.99. The molecule has 0 aliphatic carbocycles.